The number of sulfonamides is 1. The maximum Gasteiger partial charge on any atom is 0.241 e. The quantitative estimate of drug-likeness (QED) is 0.749. The van der Waals surface area contributed by atoms with Gasteiger partial charge in [-0.05, 0) is 37.3 Å². The van der Waals surface area contributed by atoms with Crippen LogP contribution in [-0.2, 0) is 10.0 Å². The number of hydrogen-bond acceptors (Lipinski definition) is 5. The largest absolute Gasteiger partial charge is 0.399 e. The first-order chi connectivity index (χ1) is 9.84. The second-order valence-electron chi connectivity index (χ2n) is 4.79. The Labute approximate surface area is 131 Å². The molecule has 0 atom stereocenters. The van der Waals surface area contributed by atoms with E-state index in [9.17, 15) is 8.42 Å². The summed E-state index contributed by atoms with van der Waals surface area (Å²) in [5.41, 5.74) is 6.01. The lowest BCUT2D eigenvalue weighted by Gasteiger charge is -2.29. The van der Waals surface area contributed by atoms with Crippen LogP contribution < -0.4 is 10.5 Å². The summed E-state index contributed by atoms with van der Waals surface area (Å²) in [6, 6.07) is 6.10. The van der Waals surface area contributed by atoms with Gasteiger partial charge in [-0.3, -0.25) is 0 Å². The maximum absolute atomic E-state index is 12.4. The third kappa shape index (κ3) is 4.13. The predicted molar refractivity (Wildman–Crippen MR) is 87.6 cm³/mol. The van der Waals surface area contributed by atoms with Crippen LogP contribution in [0.25, 0.3) is 0 Å². The second kappa shape index (κ2) is 7.16. The van der Waals surface area contributed by atoms with Gasteiger partial charge in [-0.25, -0.2) is 13.1 Å². The van der Waals surface area contributed by atoms with Crippen molar-refractivity contribution in [3.8, 4) is 6.07 Å². The Balaban J connectivity index is 3.06. The van der Waals surface area contributed by atoms with E-state index in [1.165, 1.54) is 18.2 Å². The van der Waals surface area contributed by atoms with Crippen LogP contribution >= 0.6 is 11.8 Å². The molecule has 0 amide bonds. The molecular formula is C14H21N3O2S2. The Morgan fingerprint density at radius 3 is 2.48 bits per heavy atom. The number of nitrogens with one attached hydrogen (secondary N) is 1. The van der Waals surface area contributed by atoms with Gasteiger partial charge >= 0.3 is 0 Å². The lowest BCUT2D eigenvalue weighted by Crippen LogP contribution is -2.39. The fraction of sp³-hybridized carbons (Fsp3) is 0.500. The third-order valence-corrected chi connectivity index (χ3v) is 6.77. The molecular weight excluding hydrogens is 306 g/mol. The molecule has 0 saturated carbocycles. The van der Waals surface area contributed by atoms with E-state index in [-0.39, 0.29) is 15.2 Å². The Morgan fingerprint density at radius 1 is 1.38 bits per heavy atom. The zero-order valence-corrected chi connectivity index (χ0v) is 14.1. The zero-order valence-electron chi connectivity index (χ0n) is 12.5. The van der Waals surface area contributed by atoms with Crippen LogP contribution in [-0.4, -0.2) is 26.0 Å². The molecule has 0 aliphatic carbocycles. The summed E-state index contributed by atoms with van der Waals surface area (Å²) in [6.07, 6.45) is 3.70. The van der Waals surface area contributed by atoms with E-state index in [2.05, 4.69) is 4.72 Å². The van der Waals surface area contributed by atoms with Crippen molar-refractivity contribution in [3.63, 3.8) is 0 Å². The summed E-state index contributed by atoms with van der Waals surface area (Å²) in [6.45, 7) is 4.41. The van der Waals surface area contributed by atoms with E-state index in [0.29, 0.717) is 12.2 Å². The van der Waals surface area contributed by atoms with Crippen LogP contribution in [0.2, 0.25) is 0 Å². The van der Waals surface area contributed by atoms with Gasteiger partial charge in [-0.2, -0.15) is 17.0 Å². The summed E-state index contributed by atoms with van der Waals surface area (Å²) in [5.74, 6) is 0. The van der Waals surface area contributed by atoms with Gasteiger partial charge in [-0.15, -0.1) is 0 Å². The van der Waals surface area contributed by atoms with E-state index in [1.807, 2.05) is 26.2 Å². The minimum Gasteiger partial charge on any atom is -0.399 e. The molecule has 1 aromatic rings. The topological polar surface area (TPSA) is 96.0 Å². The van der Waals surface area contributed by atoms with E-state index in [1.54, 1.807) is 11.8 Å². The predicted octanol–water partition coefficient (Wildman–Crippen LogP) is 2.34. The molecule has 0 heterocycles. The van der Waals surface area contributed by atoms with E-state index in [4.69, 9.17) is 11.0 Å². The molecule has 116 valence electrons. The highest BCUT2D eigenvalue weighted by Crippen LogP contribution is 2.30. The van der Waals surface area contributed by atoms with Crippen LogP contribution in [0.4, 0.5) is 5.69 Å². The minimum absolute atomic E-state index is 0.0265. The number of thioether (sulfide) groups is 1. The molecule has 0 fully saturated rings. The summed E-state index contributed by atoms with van der Waals surface area (Å²) in [5, 5.41) is 9.07. The van der Waals surface area contributed by atoms with Crippen LogP contribution in [0, 0.1) is 11.3 Å². The smallest absolute Gasteiger partial charge is 0.241 e. The van der Waals surface area contributed by atoms with Crippen LogP contribution in [0.5, 0.6) is 0 Å². The number of nitrogen functional groups attached to an aromatic ring is 1. The minimum atomic E-state index is -3.72. The molecule has 7 heteroatoms. The maximum atomic E-state index is 12.4. The van der Waals surface area contributed by atoms with E-state index >= 15 is 0 Å². The molecule has 0 spiro atoms. The van der Waals surface area contributed by atoms with Gasteiger partial charge in [0.25, 0.3) is 0 Å². The molecule has 5 nitrogen and oxygen atoms in total. The summed E-state index contributed by atoms with van der Waals surface area (Å²) in [7, 11) is -3.72. The fourth-order valence-electron chi connectivity index (χ4n) is 2.03. The molecule has 0 aliphatic heterocycles. The van der Waals surface area contributed by atoms with Gasteiger partial charge < -0.3 is 5.73 Å². The number of rotatable bonds is 7. The highest BCUT2D eigenvalue weighted by atomic mass is 32.2. The average Bonchev–Trinajstić information content (AvgIpc) is 2.48. The first-order valence-corrected chi connectivity index (χ1v) is 9.39. The second-order valence-corrected chi connectivity index (χ2v) is 7.80. The van der Waals surface area contributed by atoms with Crippen molar-refractivity contribution in [2.75, 3.05) is 18.5 Å². The van der Waals surface area contributed by atoms with Gasteiger partial charge in [-0.1, -0.05) is 13.8 Å². The Kier molecular flexibility index (Phi) is 6.08. The highest BCUT2D eigenvalue weighted by molar-refractivity contribution is 8.00. The zero-order chi connectivity index (χ0) is 16.1. The number of anilines is 1. The summed E-state index contributed by atoms with van der Waals surface area (Å²) < 4.78 is 27.3. The molecule has 1 rings (SSSR count). The van der Waals surface area contributed by atoms with Crippen LogP contribution in [0.1, 0.15) is 32.3 Å². The van der Waals surface area contributed by atoms with Gasteiger partial charge in [0.05, 0.1) is 10.5 Å². The first kappa shape index (κ1) is 17.8. The Bertz CT molecular complexity index is 624. The van der Waals surface area contributed by atoms with Crippen LogP contribution in [0.3, 0.4) is 0 Å². The number of nitrogens with zero attached hydrogens (tertiary/aromatic N) is 1. The lowest BCUT2D eigenvalue weighted by atomic mass is 10.0. The van der Waals surface area contributed by atoms with Gasteiger partial charge in [0.1, 0.15) is 6.07 Å². The van der Waals surface area contributed by atoms with E-state index < -0.39 is 10.0 Å². The highest BCUT2D eigenvalue weighted by Gasteiger charge is 2.28. The molecule has 0 aliphatic rings. The molecule has 0 unspecified atom stereocenters. The number of hydrogen-bond donors (Lipinski definition) is 2. The molecule has 21 heavy (non-hydrogen) atoms. The SMILES string of the molecule is CCC(CC)(CNS(=O)(=O)c1ccc(N)cc1C#N)SC. The number of nitrogens with two attached hydrogens (primary N) is 1. The molecule has 0 aromatic heterocycles. The standard InChI is InChI=1S/C14H21N3O2S2/c1-4-14(5-2,20-3)10-17-21(18,19)13-7-6-12(16)8-11(13)9-15/h6-8,17H,4-5,10,16H2,1-3H3. The van der Waals surface area contributed by atoms with Crippen molar-refractivity contribution in [1.29, 1.82) is 5.26 Å². The summed E-state index contributed by atoms with van der Waals surface area (Å²) in [4.78, 5) is -0.0265. The monoisotopic (exact) mass is 327 g/mol. The molecule has 0 saturated heterocycles. The third-order valence-electron chi connectivity index (χ3n) is 3.72. The van der Waals surface area contributed by atoms with Crippen molar-refractivity contribution >= 4 is 27.5 Å². The first-order valence-electron chi connectivity index (χ1n) is 6.68. The van der Waals surface area contributed by atoms with Crippen molar-refractivity contribution in [3.05, 3.63) is 23.8 Å². The Morgan fingerprint density at radius 2 is 2.00 bits per heavy atom. The normalized spacial score (nSPS) is 12.1. The van der Waals surface area contributed by atoms with Crippen LogP contribution in [0.15, 0.2) is 23.1 Å². The Hall–Kier alpha value is -1.23. The molecule has 0 bridgehead atoms. The number of nitriles is 1. The van der Waals surface area contributed by atoms with Crippen molar-refractivity contribution in [1.82, 2.24) is 4.72 Å². The van der Waals surface area contributed by atoms with Gasteiger partial charge in [0, 0.05) is 17.0 Å². The average molecular weight is 327 g/mol. The molecule has 3 N–H and O–H groups in total. The van der Waals surface area contributed by atoms with Gasteiger partial charge in [0.15, 0.2) is 0 Å². The van der Waals surface area contributed by atoms with Crippen molar-refractivity contribution < 1.29 is 8.42 Å². The van der Waals surface area contributed by atoms with Crippen molar-refractivity contribution in [2.24, 2.45) is 0 Å². The fourth-order valence-corrected chi connectivity index (χ4v) is 4.18. The number of benzene rings is 1. The molecule has 1 aromatic carbocycles. The molecule has 0 radical (unpaired) electrons. The summed E-state index contributed by atoms with van der Waals surface area (Å²) >= 11 is 1.65. The van der Waals surface area contributed by atoms with Gasteiger partial charge in [0.2, 0.25) is 10.0 Å². The van der Waals surface area contributed by atoms with Crippen molar-refractivity contribution in [2.45, 2.75) is 36.3 Å². The van der Waals surface area contributed by atoms with E-state index in [0.717, 1.165) is 12.8 Å². The lowest BCUT2D eigenvalue weighted by molar-refractivity contribution is 0.522.